The Kier molecular flexibility index (Phi) is 3.68. The molecule has 3 amide bonds. The van der Waals surface area contributed by atoms with Crippen LogP contribution in [0, 0.1) is 0 Å². The molecule has 0 saturated carbocycles. The second kappa shape index (κ2) is 5.22. The van der Waals surface area contributed by atoms with E-state index in [-0.39, 0.29) is 6.03 Å². The van der Waals surface area contributed by atoms with E-state index in [0.29, 0.717) is 39.4 Å². The Bertz CT molecular complexity index is 304. The number of hydrazine groups is 1. The molecule has 2 saturated heterocycles. The molecule has 17 heavy (non-hydrogen) atoms. The number of hydrogen-bond acceptors (Lipinski definition) is 3. The summed E-state index contributed by atoms with van der Waals surface area (Å²) in [5, 5.41) is 11.5. The van der Waals surface area contributed by atoms with Gasteiger partial charge in [0.15, 0.2) is 0 Å². The predicted molar refractivity (Wildman–Crippen MR) is 58.5 cm³/mol. The van der Waals surface area contributed by atoms with Crippen LogP contribution >= 0.6 is 0 Å². The van der Waals surface area contributed by atoms with Crippen LogP contribution in [0.15, 0.2) is 0 Å². The molecule has 0 aromatic carbocycles. The van der Waals surface area contributed by atoms with Gasteiger partial charge >= 0.3 is 12.1 Å². The first-order valence-electron chi connectivity index (χ1n) is 5.84. The first-order chi connectivity index (χ1) is 8.20. The molecule has 2 aliphatic rings. The van der Waals surface area contributed by atoms with Crippen molar-refractivity contribution < 1.29 is 19.4 Å². The first-order valence-corrected chi connectivity index (χ1v) is 5.84. The zero-order valence-electron chi connectivity index (χ0n) is 9.67. The monoisotopic (exact) mass is 243 g/mol. The number of urea groups is 1. The highest BCUT2D eigenvalue weighted by Gasteiger charge is 2.31. The van der Waals surface area contributed by atoms with Crippen molar-refractivity contribution >= 4 is 12.1 Å². The minimum Gasteiger partial charge on any atom is -0.464 e. The van der Waals surface area contributed by atoms with E-state index in [9.17, 15) is 9.59 Å². The van der Waals surface area contributed by atoms with Crippen LogP contribution in [0.4, 0.5) is 9.59 Å². The number of nitrogens with zero attached hydrogens (tertiary/aromatic N) is 3. The van der Waals surface area contributed by atoms with E-state index < -0.39 is 6.09 Å². The third-order valence-corrected chi connectivity index (χ3v) is 3.00. The summed E-state index contributed by atoms with van der Waals surface area (Å²) in [4.78, 5) is 24.8. The highest BCUT2D eigenvalue weighted by molar-refractivity contribution is 5.77. The molecule has 2 aliphatic heterocycles. The van der Waals surface area contributed by atoms with Crippen molar-refractivity contribution in [2.45, 2.75) is 12.8 Å². The van der Waals surface area contributed by atoms with Gasteiger partial charge in [-0.15, -0.1) is 0 Å². The quantitative estimate of drug-likeness (QED) is 0.669. The fraction of sp³-hybridized carbons (Fsp3) is 0.800. The summed E-state index contributed by atoms with van der Waals surface area (Å²) < 4.78 is 5.17. The van der Waals surface area contributed by atoms with Gasteiger partial charge in [-0.3, -0.25) is 0 Å². The number of rotatable bonds is 0. The van der Waals surface area contributed by atoms with Crippen LogP contribution < -0.4 is 0 Å². The molecule has 0 bridgehead atoms. The molecular weight excluding hydrogens is 226 g/mol. The van der Waals surface area contributed by atoms with Crippen LogP contribution in [0.5, 0.6) is 0 Å². The maximum Gasteiger partial charge on any atom is 0.426 e. The number of hydrogen-bond donors (Lipinski definition) is 1. The van der Waals surface area contributed by atoms with Gasteiger partial charge in [0.2, 0.25) is 0 Å². The Hall–Kier alpha value is -1.50. The van der Waals surface area contributed by atoms with Crippen molar-refractivity contribution in [1.29, 1.82) is 0 Å². The molecule has 0 unspecified atom stereocenters. The van der Waals surface area contributed by atoms with Crippen molar-refractivity contribution in [1.82, 2.24) is 14.9 Å². The summed E-state index contributed by atoms with van der Waals surface area (Å²) in [7, 11) is 0. The SMILES string of the molecule is O=C(O)N1CCCCN1C(=O)N1CCOCC1. The molecule has 2 fully saturated rings. The van der Waals surface area contributed by atoms with Gasteiger partial charge in [0.05, 0.1) is 13.2 Å². The van der Waals surface area contributed by atoms with Gasteiger partial charge in [-0.05, 0) is 12.8 Å². The lowest BCUT2D eigenvalue weighted by atomic mass is 10.2. The van der Waals surface area contributed by atoms with E-state index in [0.717, 1.165) is 17.9 Å². The number of carbonyl (C=O) groups is 2. The van der Waals surface area contributed by atoms with E-state index in [2.05, 4.69) is 0 Å². The number of morpholine rings is 1. The van der Waals surface area contributed by atoms with Gasteiger partial charge in [0, 0.05) is 26.2 Å². The summed E-state index contributed by atoms with van der Waals surface area (Å²) in [6.07, 6.45) is 0.588. The highest BCUT2D eigenvalue weighted by atomic mass is 16.5. The maximum atomic E-state index is 12.2. The number of amides is 3. The van der Waals surface area contributed by atoms with E-state index in [1.807, 2.05) is 0 Å². The molecule has 0 aliphatic carbocycles. The summed E-state index contributed by atoms with van der Waals surface area (Å²) in [5.41, 5.74) is 0. The molecule has 2 heterocycles. The van der Waals surface area contributed by atoms with Crippen LogP contribution in [0.3, 0.4) is 0 Å². The van der Waals surface area contributed by atoms with Gasteiger partial charge in [-0.2, -0.15) is 0 Å². The minimum absolute atomic E-state index is 0.226. The van der Waals surface area contributed by atoms with Crippen LogP contribution in [0.2, 0.25) is 0 Å². The molecule has 0 aromatic rings. The summed E-state index contributed by atoms with van der Waals surface area (Å²) in [5.74, 6) is 0. The Labute approximate surface area is 99.5 Å². The molecule has 0 radical (unpaired) electrons. The molecule has 0 spiro atoms. The fourth-order valence-corrected chi connectivity index (χ4v) is 2.08. The van der Waals surface area contributed by atoms with E-state index in [4.69, 9.17) is 9.84 Å². The van der Waals surface area contributed by atoms with Gasteiger partial charge in [-0.25, -0.2) is 19.6 Å². The Morgan fingerprint density at radius 2 is 1.53 bits per heavy atom. The second-order valence-corrected chi connectivity index (χ2v) is 4.12. The van der Waals surface area contributed by atoms with E-state index in [1.54, 1.807) is 4.90 Å². The van der Waals surface area contributed by atoms with Gasteiger partial charge < -0.3 is 14.7 Å². The minimum atomic E-state index is -1.06. The molecular formula is C10H17N3O4. The molecule has 0 atom stereocenters. The summed E-state index contributed by atoms with van der Waals surface area (Å²) in [6, 6.07) is -0.226. The third kappa shape index (κ3) is 2.60. The third-order valence-electron chi connectivity index (χ3n) is 3.00. The summed E-state index contributed by atoms with van der Waals surface area (Å²) >= 11 is 0. The normalized spacial score (nSPS) is 21.5. The average Bonchev–Trinajstić information content (AvgIpc) is 2.39. The van der Waals surface area contributed by atoms with Gasteiger partial charge in [0.1, 0.15) is 0 Å². The van der Waals surface area contributed by atoms with E-state index in [1.165, 1.54) is 5.01 Å². The van der Waals surface area contributed by atoms with Crippen LogP contribution in [0.1, 0.15) is 12.8 Å². The zero-order valence-corrected chi connectivity index (χ0v) is 9.67. The Balaban J connectivity index is 2.02. The van der Waals surface area contributed by atoms with Crippen molar-refractivity contribution in [3.63, 3.8) is 0 Å². The Morgan fingerprint density at radius 1 is 0.941 bits per heavy atom. The fourth-order valence-electron chi connectivity index (χ4n) is 2.08. The predicted octanol–water partition coefficient (Wildman–Crippen LogP) is 0.429. The molecule has 7 heteroatoms. The number of carbonyl (C=O) groups excluding carboxylic acids is 1. The lowest BCUT2D eigenvalue weighted by molar-refractivity contribution is -0.0243. The molecule has 96 valence electrons. The number of carboxylic acid groups (broad SMARTS) is 1. The van der Waals surface area contributed by atoms with Crippen LogP contribution in [0.25, 0.3) is 0 Å². The highest BCUT2D eigenvalue weighted by Crippen LogP contribution is 2.14. The van der Waals surface area contributed by atoms with Crippen molar-refractivity contribution in [2.75, 3.05) is 39.4 Å². The van der Waals surface area contributed by atoms with E-state index >= 15 is 0 Å². The largest absolute Gasteiger partial charge is 0.464 e. The number of ether oxygens (including phenoxy) is 1. The lowest BCUT2D eigenvalue weighted by Gasteiger charge is -2.40. The van der Waals surface area contributed by atoms with Gasteiger partial charge in [0.25, 0.3) is 0 Å². The molecule has 1 N–H and O–H groups in total. The average molecular weight is 243 g/mol. The smallest absolute Gasteiger partial charge is 0.426 e. The molecule has 2 rings (SSSR count). The lowest BCUT2D eigenvalue weighted by Crippen LogP contribution is -2.58. The first kappa shape index (κ1) is 12.0. The van der Waals surface area contributed by atoms with Crippen LogP contribution in [-0.2, 0) is 4.74 Å². The Morgan fingerprint density at radius 3 is 2.12 bits per heavy atom. The summed E-state index contributed by atoms with van der Waals surface area (Å²) in [6.45, 7) is 2.97. The van der Waals surface area contributed by atoms with Crippen molar-refractivity contribution in [3.8, 4) is 0 Å². The molecule has 0 aromatic heterocycles. The van der Waals surface area contributed by atoms with Crippen molar-refractivity contribution in [3.05, 3.63) is 0 Å². The zero-order chi connectivity index (χ0) is 12.3. The van der Waals surface area contributed by atoms with Gasteiger partial charge in [-0.1, -0.05) is 0 Å². The van der Waals surface area contributed by atoms with Crippen LogP contribution in [-0.4, -0.2) is 71.5 Å². The topological polar surface area (TPSA) is 73.3 Å². The van der Waals surface area contributed by atoms with Crippen molar-refractivity contribution in [2.24, 2.45) is 0 Å². The maximum absolute atomic E-state index is 12.2. The second-order valence-electron chi connectivity index (χ2n) is 4.12. The standard InChI is InChI=1S/C10H17N3O4/c14-9(11-5-7-17-8-6-11)12-3-1-2-4-13(12)10(15)16/h1-8H2,(H,15,16). The molecule has 7 nitrogen and oxygen atoms in total.